The van der Waals surface area contributed by atoms with Crippen LogP contribution in [-0.2, 0) is 14.3 Å². The Hall–Kier alpha value is -1.92. The summed E-state index contributed by atoms with van der Waals surface area (Å²) in [5.74, 6) is -0.629. The number of nitrogens with two attached hydrogens (primary N) is 1. The van der Waals surface area contributed by atoms with Gasteiger partial charge in [0.1, 0.15) is 6.61 Å². The molecule has 1 aromatic carbocycles. The molecule has 2 amide bonds. The predicted octanol–water partition coefficient (Wildman–Crippen LogP) is 0.0250. The lowest BCUT2D eigenvalue weighted by Gasteiger charge is -2.07. The molecule has 0 saturated heterocycles. The third kappa shape index (κ3) is 7.17. The Kier molecular flexibility index (Phi) is 6.56. The molecule has 0 saturated carbocycles. The molecule has 6 heteroatoms. The second kappa shape index (κ2) is 8.23. The summed E-state index contributed by atoms with van der Waals surface area (Å²) in [5.41, 5.74) is 6.81. The maximum atomic E-state index is 11.5. The Morgan fingerprint density at radius 3 is 2.58 bits per heavy atom. The summed E-state index contributed by atoms with van der Waals surface area (Å²) in [4.78, 5) is 21.9. The number of rotatable bonds is 8. The summed E-state index contributed by atoms with van der Waals surface area (Å²) in [7, 11) is 0. The van der Waals surface area contributed by atoms with Crippen molar-refractivity contribution < 1.29 is 14.3 Å². The first-order valence-corrected chi connectivity index (χ1v) is 6.01. The number of hydrogen-bond acceptors (Lipinski definition) is 4. The van der Waals surface area contributed by atoms with Crippen molar-refractivity contribution in [1.29, 1.82) is 0 Å². The fraction of sp³-hybridized carbons (Fsp3) is 0.385. The molecule has 4 N–H and O–H groups in total. The van der Waals surface area contributed by atoms with E-state index in [-0.39, 0.29) is 19.1 Å². The van der Waals surface area contributed by atoms with Gasteiger partial charge in [-0.2, -0.15) is 0 Å². The molecule has 0 bridgehead atoms. The molecule has 0 aromatic heterocycles. The minimum atomic E-state index is -0.503. The minimum Gasteiger partial charge on any atom is -0.370 e. The number of carbonyl (C=O) groups is 2. The van der Waals surface area contributed by atoms with E-state index in [9.17, 15) is 9.59 Å². The van der Waals surface area contributed by atoms with Crippen LogP contribution in [-0.4, -0.2) is 38.1 Å². The van der Waals surface area contributed by atoms with Crippen LogP contribution in [0.3, 0.4) is 0 Å². The molecule has 104 valence electrons. The van der Waals surface area contributed by atoms with Gasteiger partial charge in [-0.25, -0.2) is 0 Å². The van der Waals surface area contributed by atoms with Gasteiger partial charge in [-0.05, 0) is 19.1 Å². The minimum absolute atomic E-state index is 0.1000. The summed E-state index contributed by atoms with van der Waals surface area (Å²) in [5, 5.41) is 5.66. The molecule has 0 radical (unpaired) electrons. The molecule has 6 nitrogen and oxygen atoms in total. The molecule has 0 aliphatic heterocycles. The third-order valence-electron chi connectivity index (χ3n) is 2.29. The highest BCUT2D eigenvalue weighted by Gasteiger charge is 2.01. The van der Waals surface area contributed by atoms with Gasteiger partial charge in [-0.15, -0.1) is 0 Å². The number of aryl methyl sites for hydroxylation is 1. The second-order valence-electron chi connectivity index (χ2n) is 4.11. The van der Waals surface area contributed by atoms with E-state index in [1.807, 2.05) is 31.2 Å². The second-order valence-corrected chi connectivity index (χ2v) is 4.11. The normalized spacial score (nSPS) is 10.2. The van der Waals surface area contributed by atoms with Crippen molar-refractivity contribution in [3.05, 3.63) is 29.8 Å². The topological polar surface area (TPSA) is 93.4 Å². The van der Waals surface area contributed by atoms with Gasteiger partial charge in [0.2, 0.25) is 11.8 Å². The van der Waals surface area contributed by atoms with Crippen molar-refractivity contribution in [2.45, 2.75) is 6.92 Å². The Morgan fingerprint density at radius 2 is 1.95 bits per heavy atom. The highest BCUT2D eigenvalue weighted by Crippen LogP contribution is 2.07. The number of benzene rings is 1. The summed E-state index contributed by atoms with van der Waals surface area (Å²) < 4.78 is 4.94. The monoisotopic (exact) mass is 265 g/mol. The van der Waals surface area contributed by atoms with Crippen molar-refractivity contribution >= 4 is 17.5 Å². The number of anilines is 1. The standard InChI is InChI=1S/C13H19N3O3/c1-10-2-4-11(5-3-10)16-13(18)8-15-6-7-19-9-12(14)17/h2-5,15H,6-9H2,1H3,(H2,14,17)(H,16,18). The third-order valence-corrected chi connectivity index (χ3v) is 2.29. The molecule has 0 heterocycles. The number of primary amides is 1. The van der Waals surface area contributed by atoms with Gasteiger partial charge in [0.05, 0.1) is 13.2 Å². The van der Waals surface area contributed by atoms with Crippen molar-refractivity contribution in [2.24, 2.45) is 5.73 Å². The number of nitrogens with one attached hydrogen (secondary N) is 2. The Balaban J connectivity index is 2.11. The lowest BCUT2D eigenvalue weighted by Crippen LogP contribution is -2.31. The van der Waals surface area contributed by atoms with Crippen molar-refractivity contribution in [2.75, 3.05) is 31.6 Å². The predicted molar refractivity (Wildman–Crippen MR) is 72.7 cm³/mol. The molecule has 1 aromatic rings. The molecule has 1 rings (SSSR count). The van der Waals surface area contributed by atoms with Gasteiger partial charge >= 0.3 is 0 Å². The largest absolute Gasteiger partial charge is 0.370 e. The molecule has 0 unspecified atom stereocenters. The maximum absolute atomic E-state index is 11.5. The zero-order valence-electron chi connectivity index (χ0n) is 10.9. The van der Waals surface area contributed by atoms with E-state index < -0.39 is 5.91 Å². The van der Waals surface area contributed by atoms with Crippen LogP contribution in [0.5, 0.6) is 0 Å². The van der Waals surface area contributed by atoms with E-state index in [0.29, 0.717) is 13.2 Å². The van der Waals surface area contributed by atoms with Gasteiger partial charge in [0.15, 0.2) is 0 Å². The van der Waals surface area contributed by atoms with Crippen LogP contribution in [0.15, 0.2) is 24.3 Å². The fourth-order valence-electron chi connectivity index (χ4n) is 1.36. The van der Waals surface area contributed by atoms with Crippen molar-refractivity contribution in [3.8, 4) is 0 Å². The summed E-state index contributed by atoms with van der Waals surface area (Å²) >= 11 is 0. The van der Waals surface area contributed by atoms with Crippen LogP contribution in [0, 0.1) is 6.92 Å². The summed E-state index contributed by atoms with van der Waals surface area (Å²) in [6.45, 7) is 2.89. The van der Waals surface area contributed by atoms with E-state index >= 15 is 0 Å². The fourth-order valence-corrected chi connectivity index (χ4v) is 1.36. The Labute approximate surface area is 112 Å². The highest BCUT2D eigenvalue weighted by atomic mass is 16.5. The molecule has 0 aliphatic carbocycles. The Bertz CT molecular complexity index is 418. The van der Waals surface area contributed by atoms with Crippen molar-refractivity contribution in [3.63, 3.8) is 0 Å². The van der Waals surface area contributed by atoms with Crippen LogP contribution < -0.4 is 16.4 Å². The summed E-state index contributed by atoms with van der Waals surface area (Å²) in [6.07, 6.45) is 0. The Morgan fingerprint density at radius 1 is 1.26 bits per heavy atom. The van der Waals surface area contributed by atoms with Gasteiger partial charge in [0, 0.05) is 12.2 Å². The van der Waals surface area contributed by atoms with E-state index in [1.165, 1.54) is 0 Å². The average molecular weight is 265 g/mol. The highest BCUT2D eigenvalue weighted by molar-refractivity contribution is 5.92. The quantitative estimate of drug-likeness (QED) is 0.578. The van der Waals surface area contributed by atoms with Crippen LogP contribution in [0.1, 0.15) is 5.56 Å². The number of ether oxygens (including phenoxy) is 1. The van der Waals surface area contributed by atoms with Gasteiger partial charge < -0.3 is 21.1 Å². The van der Waals surface area contributed by atoms with Gasteiger partial charge in [-0.1, -0.05) is 17.7 Å². The molecule has 0 fully saturated rings. The lowest BCUT2D eigenvalue weighted by atomic mass is 10.2. The first kappa shape index (κ1) is 15.1. The van der Waals surface area contributed by atoms with Gasteiger partial charge in [0.25, 0.3) is 0 Å². The van der Waals surface area contributed by atoms with Crippen LogP contribution in [0.4, 0.5) is 5.69 Å². The zero-order chi connectivity index (χ0) is 14.1. The van der Waals surface area contributed by atoms with E-state index in [1.54, 1.807) is 0 Å². The van der Waals surface area contributed by atoms with E-state index in [2.05, 4.69) is 10.6 Å². The van der Waals surface area contributed by atoms with E-state index in [0.717, 1.165) is 11.3 Å². The maximum Gasteiger partial charge on any atom is 0.243 e. The molecule has 0 aliphatic rings. The molecule has 19 heavy (non-hydrogen) atoms. The first-order valence-electron chi connectivity index (χ1n) is 6.01. The molecule has 0 spiro atoms. The van der Waals surface area contributed by atoms with Crippen LogP contribution >= 0.6 is 0 Å². The molecule has 0 atom stereocenters. The smallest absolute Gasteiger partial charge is 0.243 e. The SMILES string of the molecule is Cc1ccc(NC(=O)CNCCOCC(N)=O)cc1. The number of carbonyl (C=O) groups excluding carboxylic acids is 2. The van der Waals surface area contributed by atoms with Crippen molar-refractivity contribution in [1.82, 2.24) is 5.32 Å². The average Bonchev–Trinajstić information content (AvgIpc) is 2.36. The zero-order valence-corrected chi connectivity index (χ0v) is 10.9. The molecular weight excluding hydrogens is 246 g/mol. The number of hydrogen-bond donors (Lipinski definition) is 3. The van der Waals surface area contributed by atoms with E-state index in [4.69, 9.17) is 10.5 Å². The number of amides is 2. The molecular formula is C13H19N3O3. The van der Waals surface area contributed by atoms with Gasteiger partial charge in [-0.3, -0.25) is 9.59 Å². The summed E-state index contributed by atoms with van der Waals surface area (Å²) in [6, 6.07) is 7.56. The van der Waals surface area contributed by atoms with Crippen LogP contribution in [0.2, 0.25) is 0 Å². The van der Waals surface area contributed by atoms with Crippen LogP contribution in [0.25, 0.3) is 0 Å². The lowest BCUT2D eigenvalue weighted by molar-refractivity contribution is -0.122. The first-order chi connectivity index (χ1) is 9.08.